The Morgan fingerprint density at radius 1 is 1.43 bits per heavy atom. The van der Waals surface area contributed by atoms with Crippen LogP contribution in [0.1, 0.15) is 35.3 Å². The van der Waals surface area contributed by atoms with Crippen LogP contribution in [0.25, 0.3) is 0 Å². The first-order valence-electron chi connectivity index (χ1n) is 6.86. The van der Waals surface area contributed by atoms with Crippen molar-refractivity contribution in [3.63, 3.8) is 0 Å². The molecule has 0 fully saturated rings. The van der Waals surface area contributed by atoms with Crippen molar-refractivity contribution >= 4 is 5.69 Å². The molecule has 1 aromatic heterocycles. The van der Waals surface area contributed by atoms with Crippen molar-refractivity contribution in [1.29, 1.82) is 0 Å². The van der Waals surface area contributed by atoms with Crippen LogP contribution < -0.4 is 5.32 Å². The van der Waals surface area contributed by atoms with Crippen LogP contribution >= 0.6 is 0 Å². The van der Waals surface area contributed by atoms with Crippen LogP contribution in [0.15, 0.2) is 24.4 Å². The summed E-state index contributed by atoms with van der Waals surface area (Å²) in [4.78, 5) is 10.7. The van der Waals surface area contributed by atoms with Crippen molar-refractivity contribution in [2.45, 2.75) is 33.4 Å². The van der Waals surface area contributed by atoms with E-state index < -0.39 is 0 Å². The maximum atomic E-state index is 11.0. The van der Waals surface area contributed by atoms with Gasteiger partial charge in [0.25, 0.3) is 5.69 Å². The highest BCUT2D eigenvalue weighted by atomic mass is 16.6. The van der Waals surface area contributed by atoms with E-state index in [1.54, 1.807) is 13.0 Å². The Kier molecular flexibility index (Phi) is 4.37. The Morgan fingerprint density at radius 3 is 2.71 bits per heavy atom. The zero-order chi connectivity index (χ0) is 15.6. The second kappa shape index (κ2) is 6.05. The predicted octanol–water partition coefficient (Wildman–Crippen LogP) is 2.80. The van der Waals surface area contributed by atoms with Gasteiger partial charge in [-0.05, 0) is 26.3 Å². The highest BCUT2D eigenvalue weighted by Gasteiger charge is 2.17. The van der Waals surface area contributed by atoms with Gasteiger partial charge in [0.2, 0.25) is 0 Å². The molecule has 0 aliphatic heterocycles. The van der Waals surface area contributed by atoms with Gasteiger partial charge in [-0.1, -0.05) is 12.1 Å². The third-order valence-corrected chi connectivity index (χ3v) is 3.95. The molecule has 1 aromatic carbocycles. The van der Waals surface area contributed by atoms with Crippen LogP contribution in [0.2, 0.25) is 0 Å². The number of nitro groups is 1. The van der Waals surface area contributed by atoms with Crippen molar-refractivity contribution in [1.82, 2.24) is 15.1 Å². The number of hydrogen-bond acceptors (Lipinski definition) is 4. The van der Waals surface area contributed by atoms with Gasteiger partial charge in [-0.15, -0.1) is 0 Å². The minimum atomic E-state index is -0.336. The molecule has 21 heavy (non-hydrogen) atoms. The summed E-state index contributed by atoms with van der Waals surface area (Å²) in [6, 6.07) is 5.23. The molecule has 1 heterocycles. The smallest absolute Gasteiger partial charge is 0.272 e. The molecule has 2 aromatic rings. The molecule has 112 valence electrons. The van der Waals surface area contributed by atoms with E-state index in [4.69, 9.17) is 0 Å². The molecule has 6 nitrogen and oxygen atoms in total. The Morgan fingerprint density at radius 2 is 2.14 bits per heavy atom. The fourth-order valence-corrected chi connectivity index (χ4v) is 2.40. The number of benzene rings is 1. The van der Waals surface area contributed by atoms with Gasteiger partial charge in [-0.2, -0.15) is 5.10 Å². The summed E-state index contributed by atoms with van der Waals surface area (Å²) in [5, 5.41) is 18.6. The predicted molar refractivity (Wildman–Crippen MR) is 81.0 cm³/mol. The van der Waals surface area contributed by atoms with E-state index in [0.29, 0.717) is 12.1 Å². The van der Waals surface area contributed by atoms with E-state index in [-0.39, 0.29) is 16.7 Å². The molecule has 0 spiro atoms. The highest BCUT2D eigenvalue weighted by Crippen LogP contribution is 2.26. The molecule has 0 unspecified atom stereocenters. The fourth-order valence-electron chi connectivity index (χ4n) is 2.40. The Labute approximate surface area is 123 Å². The third kappa shape index (κ3) is 3.11. The van der Waals surface area contributed by atoms with Crippen LogP contribution in [0.3, 0.4) is 0 Å². The molecular weight excluding hydrogens is 268 g/mol. The molecule has 6 heteroatoms. The number of nitrogens with one attached hydrogen (secondary N) is 1. The van der Waals surface area contributed by atoms with Gasteiger partial charge in [0.1, 0.15) is 0 Å². The molecule has 0 amide bonds. The van der Waals surface area contributed by atoms with Gasteiger partial charge in [0, 0.05) is 42.5 Å². The van der Waals surface area contributed by atoms with E-state index in [1.165, 1.54) is 6.07 Å². The van der Waals surface area contributed by atoms with Gasteiger partial charge in [0.05, 0.1) is 11.1 Å². The average molecular weight is 288 g/mol. The van der Waals surface area contributed by atoms with E-state index in [0.717, 1.165) is 16.8 Å². The van der Waals surface area contributed by atoms with Crippen molar-refractivity contribution in [2.24, 2.45) is 7.05 Å². The molecule has 0 radical (unpaired) electrons. The Balaban J connectivity index is 2.14. The largest absolute Gasteiger partial charge is 0.306 e. The lowest BCUT2D eigenvalue weighted by molar-refractivity contribution is -0.385. The second-order valence-corrected chi connectivity index (χ2v) is 5.23. The van der Waals surface area contributed by atoms with E-state index >= 15 is 0 Å². The zero-order valence-electron chi connectivity index (χ0n) is 12.8. The molecule has 0 bridgehead atoms. The summed E-state index contributed by atoms with van der Waals surface area (Å²) in [5.41, 5.74) is 4.08. The minimum Gasteiger partial charge on any atom is -0.306 e. The molecule has 0 saturated heterocycles. The number of aryl methyl sites for hydroxylation is 1. The van der Waals surface area contributed by atoms with Crippen LogP contribution in [0.5, 0.6) is 0 Å². The lowest BCUT2D eigenvalue weighted by atomic mass is 10.0. The fraction of sp³-hybridized carbons (Fsp3) is 0.400. The second-order valence-electron chi connectivity index (χ2n) is 5.23. The van der Waals surface area contributed by atoms with Crippen LogP contribution in [0, 0.1) is 24.0 Å². The summed E-state index contributed by atoms with van der Waals surface area (Å²) in [6.45, 7) is 6.51. The monoisotopic (exact) mass is 288 g/mol. The van der Waals surface area contributed by atoms with Crippen LogP contribution in [-0.2, 0) is 13.6 Å². The van der Waals surface area contributed by atoms with Crippen molar-refractivity contribution in [3.05, 3.63) is 56.9 Å². The molecule has 0 saturated carbocycles. The maximum absolute atomic E-state index is 11.0. The van der Waals surface area contributed by atoms with Gasteiger partial charge >= 0.3 is 0 Å². The zero-order valence-corrected chi connectivity index (χ0v) is 12.8. The highest BCUT2D eigenvalue weighted by molar-refractivity contribution is 5.45. The molecule has 2 rings (SSSR count). The lowest BCUT2D eigenvalue weighted by Crippen LogP contribution is -2.19. The van der Waals surface area contributed by atoms with E-state index in [2.05, 4.69) is 10.4 Å². The third-order valence-electron chi connectivity index (χ3n) is 3.95. The maximum Gasteiger partial charge on any atom is 0.272 e. The van der Waals surface area contributed by atoms with E-state index in [1.807, 2.05) is 37.8 Å². The van der Waals surface area contributed by atoms with Crippen molar-refractivity contribution in [2.75, 3.05) is 0 Å². The topological polar surface area (TPSA) is 73.0 Å². The normalized spacial score (nSPS) is 12.4. The SMILES string of the molecule is Cc1c([C@H](C)NCc2cnn(C)c2C)cccc1[N+](=O)[O-]. The average Bonchev–Trinajstić information content (AvgIpc) is 2.76. The lowest BCUT2D eigenvalue weighted by Gasteiger charge is -2.16. The van der Waals surface area contributed by atoms with Gasteiger partial charge in [-0.3, -0.25) is 14.8 Å². The van der Waals surface area contributed by atoms with Crippen molar-refractivity contribution < 1.29 is 4.92 Å². The first kappa shape index (κ1) is 15.2. The van der Waals surface area contributed by atoms with Gasteiger partial charge in [0.15, 0.2) is 0 Å². The molecule has 1 N–H and O–H groups in total. The van der Waals surface area contributed by atoms with Crippen LogP contribution in [0.4, 0.5) is 5.69 Å². The first-order valence-corrected chi connectivity index (χ1v) is 6.86. The Bertz CT molecular complexity index is 664. The number of hydrogen-bond donors (Lipinski definition) is 1. The van der Waals surface area contributed by atoms with Gasteiger partial charge < -0.3 is 5.32 Å². The van der Waals surface area contributed by atoms with Gasteiger partial charge in [-0.25, -0.2) is 0 Å². The summed E-state index contributed by atoms with van der Waals surface area (Å²) < 4.78 is 1.83. The first-order chi connectivity index (χ1) is 9.91. The molecule has 0 aliphatic carbocycles. The van der Waals surface area contributed by atoms with Crippen molar-refractivity contribution in [3.8, 4) is 0 Å². The number of rotatable bonds is 5. The molecular formula is C15H20N4O2. The number of aromatic nitrogens is 2. The molecule has 0 aliphatic rings. The summed E-state index contributed by atoms with van der Waals surface area (Å²) in [6.07, 6.45) is 1.84. The summed E-state index contributed by atoms with van der Waals surface area (Å²) in [7, 11) is 1.91. The Hall–Kier alpha value is -2.21. The minimum absolute atomic E-state index is 0.0320. The standard InChI is InChI=1S/C15H20N4O2/c1-10-14(6-5-7-15(10)19(20)21)11(2)16-8-13-9-17-18(4)12(13)3/h5-7,9,11,16H,8H2,1-4H3/t11-/m0/s1. The van der Waals surface area contributed by atoms with E-state index in [9.17, 15) is 10.1 Å². The quantitative estimate of drug-likeness (QED) is 0.678. The number of nitrogens with zero attached hydrogens (tertiary/aromatic N) is 3. The summed E-state index contributed by atoms with van der Waals surface area (Å²) >= 11 is 0. The summed E-state index contributed by atoms with van der Waals surface area (Å²) in [5.74, 6) is 0. The van der Waals surface area contributed by atoms with Crippen LogP contribution in [-0.4, -0.2) is 14.7 Å². The number of nitro benzene ring substituents is 1. The molecule has 1 atom stereocenters.